The molecule has 1 unspecified atom stereocenters. The van der Waals surface area contributed by atoms with Crippen molar-refractivity contribution in [3.63, 3.8) is 0 Å². The average molecular weight is 270 g/mol. The third-order valence-electron chi connectivity index (χ3n) is 2.60. The Morgan fingerprint density at radius 3 is 2.44 bits per heavy atom. The zero-order chi connectivity index (χ0) is 13.3. The Morgan fingerprint density at radius 1 is 1.06 bits per heavy atom. The van der Waals surface area contributed by atoms with Gasteiger partial charge in [0.25, 0.3) is 0 Å². The molecule has 0 aliphatic heterocycles. The number of halogens is 3. The van der Waals surface area contributed by atoms with Gasteiger partial charge in [-0.1, -0.05) is 17.7 Å². The fourth-order valence-corrected chi connectivity index (χ4v) is 1.87. The zero-order valence-electron chi connectivity index (χ0n) is 9.20. The predicted octanol–water partition coefficient (Wildman–Crippen LogP) is 3.28. The molecule has 0 aliphatic rings. The van der Waals surface area contributed by atoms with E-state index in [1.54, 1.807) is 0 Å². The minimum absolute atomic E-state index is 0.163. The van der Waals surface area contributed by atoms with E-state index in [0.717, 1.165) is 18.2 Å². The molecule has 1 atom stereocenters. The number of hydrogen-bond donors (Lipinski definition) is 2. The predicted molar refractivity (Wildman–Crippen MR) is 66.3 cm³/mol. The summed E-state index contributed by atoms with van der Waals surface area (Å²) in [5, 5.41) is 10.4. The summed E-state index contributed by atoms with van der Waals surface area (Å²) in [6.45, 7) is 0. The van der Waals surface area contributed by atoms with Crippen molar-refractivity contribution in [1.82, 2.24) is 0 Å². The smallest absolute Gasteiger partial charge is 0.129 e. The molecule has 2 nitrogen and oxygen atoms in total. The first-order valence-corrected chi connectivity index (χ1v) is 5.55. The summed E-state index contributed by atoms with van der Waals surface area (Å²) < 4.78 is 26.6. The van der Waals surface area contributed by atoms with E-state index in [2.05, 4.69) is 0 Å². The van der Waals surface area contributed by atoms with Gasteiger partial charge < -0.3 is 10.8 Å². The lowest BCUT2D eigenvalue weighted by Crippen LogP contribution is -2.06. The summed E-state index contributed by atoms with van der Waals surface area (Å²) in [6.07, 6.45) is -1.34. The number of nitrogens with two attached hydrogens (primary N) is 1. The maximum atomic E-state index is 13.5. The molecule has 0 spiro atoms. The van der Waals surface area contributed by atoms with Gasteiger partial charge in [0.2, 0.25) is 0 Å². The highest BCUT2D eigenvalue weighted by molar-refractivity contribution is 6.30. The molecule has 0 radical (unpaired) electrons. The fraction of sp³-hybridized carbons (Fsp3) is 0.0769. The lowest BCUT2D eigenvalue weighted by molar-refractivity contribution is 0.215. The normalized spacial score (nSPS) is 12.4. The van der Waals surface area contributed by atoms with Crippen molar-refractivity contribution >= 4 is 17.3 Å². The molecule has 2 rings (SSSR count). The van der Waals surface area contributed by atoms with Crippen LogP contribution in [0.1, 0.15) is 17.2 Å². The Labute approximate surface area is 108 Å². The molecule has 0 heterocycles. The van der Waals surface area contributed by atoms with Crippen LogP contribution in [0.15, 0.2) is 36.4 Å². The van der Waals surface area contributed by atoms with E-state index in [-0.39, 0.29) is 16.8 Å². The Balaban J connectivity index is 2.47. The summed E-state index contributed by atoms with van der Waals surface area (Å²) in [4.78, 5) is 0. The molecule has 0 aromatic heterocycles. The van der Waals surface area contributed by atoms with Gasteiger partial charge in [-0.05, 0) is 30.3 Å². The number of rotatable bonds is 2. The first-order chi connectivity index (χ1) is 8.49. The van der Waals surface area contributed by atoms with Crippen molar-refractivity contribution in [2.45, 2.75) is 6.10 Å². The molecular formula is C13H10ClF2NO. The second kappa shape index (κ2) is 4.92. The molecule has 2 aromatic rings. The summed E-state index contributed by atoms with van der Waals surface area (Å²) in [7, 11) is 0. The van der Waals surface area contributed by atoms with Crippen LogP contribution in [0.3, 0.4) is 0 Å². The number of aliphatic hydroxyl groups excluding tert-OH is 1. The molecule has 3 N–H and O–H groups in total. The van der Waals surface area contributed by atoms with E-state index < -0.39 is 17.7 Å². The molecule has 0 fully saturated rings. The third kappa shape index (κ3) is 2.44. The lowest BCUT2D eigenvalue weighted by atomic mass is 9.99. The van der Waals surface area contributed by atoms with Crippen LogP contribution in [0.25, 0.3) is 0 Å². The largest absolute Gasteiger partial charge is 0.398 e. The second-order valence-corrected chi connectivity index (χ2v) is 4.28. The topological polar surface area (TPSA) is 46.2 Å². The summed E-state index contributed by atoms with van der Waals surface area (Å²) in [5.41, 5.74) is 6.03. The van der Waals surface area contributed by atoms with E-state index in [1.807, 2.05) is 0 Å². The number of benzene rings is 2. The second-order valence-electron chi connectivity index (χ2n) is 3.84. The first-order valence-electron chi connectivity index (χ1n) is 5.17. The summed E-state index contributed by atoms with van der Waals surface area (Å²) in [5.74, 6) is -1.32. The maximum Gasteiger partial charge on any atom is 0.129 e. The van der Waals surface area contributed by atoms with Crippen molar-refractivity contribution < 1.29 is 13.9 Å². The fourth-order valence-electron chi connectivity index (χ4n) is 1.69. The van der Waals surface area contributed by atoms with Crippen LogP contribution in [0.2, 0.25) is 5.02 Å². The van der Waals surface area contributed by atoms with Gasteiger partial charge in [-0.25, -0.2) is 8.78 Å². The van der Waals surface area contributed by atoms with Gasteiger partial charge in [-0.15, -0.1) is 0 Å². The van der Waals surface area contributed by atoms with Crippen LogP contribution in [-0.2, 0) is 0 Å². The van der Waals surface area contributed by atoms with Crippen LogP contribution in [0.5, 0.6) is 0 Å². The number of hydrogen-bond acceptors (Lipinski definition) is 2. The van der Waals surface area contributed by atoms with Gasteiger partial charge in [0.1, 0.15) is 17.7 Å². The molecule has 0 amide bonds. The lowest BCUT2D eigenvalue weighted by Gasteiger charge is -2.15. The summed E-state index contributed by atoms with van der Waals surface area (Å²) >= 11 is 5.73. The van der Waals surface area contributed by atoms with Gasteiger partial charge in [0.15, 0.2) is 0 Å². The molecule has 5 heteroatoms. The quantitative estimate of drug-likeness (QED) is 0.822. The highest BCUT2D eigenvalue weighted by atomic mass is 35.5. The van der Waals surface area contributed by atoms with E-state index in [1.165, 1.54) is 18.2 Å². The minimum Gasteiger partial charge on any atom is -0.398 e. The van der Waals surface area contributed by atoms with Gasteiger partial charge in [-0.3, -0.25) is 0 Å². The number of nitrogen functional groups attached to an aromatic ring is 1. The highest BCUT2D eigenvalue weighted by Gasteiger charge is 2.18. The standard InChI is InChI=1S/C13H10ClF2NO/c14-7-1-3-9(12(17)5-7)13(18)10-6-8(15)2-4-11(10)16/h1-6,13,18H,17H2. The van der Waals surface area contributed by atoms with Crippen LogP contribution in [0.4, 0.5) is 14.5 Å². The molecule has 0 saturated carbocycles. The highest BCUT2D eigenvalue weighted by Crippen LogP contribution is 2.30. The Hall–Kier alpha value is -1.65. The molecule has 0 bridgehead atoms. The zero-order valence-corrected chi connectivity index (χ0v) is 9.96. The molecule has 0 saturated heterocycles. The van der Waals surface area contributed by atoms with Gasteiger partial charge in [0, 0.05) is 21.8 Å². The first kappa shape index (κ1) is 12.8. The van der Waals surface area contributed by atoms with Crippen molar-refractivity contribution in [3.8, 4) is 0 Å². The summed E-state index contributed by atoms with van der Waals surface area (Å²) in [6, 6.07) is 7.32. The van der Waals surface area contributed by atoms with Gasteiger partial charge in [0.05, 0.1) is 0 Å². The number of anilines is 1. The molecule has 18 heavy (non-hydrogen) atoms. The molecular weight excluding hydrogens is 260 g/mol. The average Bonchev–Trinajstić information content (AvgIpc) is 2.31. The Bertz CT molecular complexity index is 589. The van der Waals surface area contributed by atoms with Crippen molar-refractivity contribution in [2.75, 3.05) is 5.73 Å². The van der Waals surface area contributed by atoms with Gasteiger partial charge in [-0.2, -0.15) is 0 Å². The molecule has 2 aromatic carbocycles. The van der Waals surface area contributed by atoms with E-state index in [4.69, 9.17) is 17.3 Å². The maximum absolute atomic E-state index is 13.5. The van der Waals surface area contributed by atoms with Crippen molar-refractivity contribution in [1.29, 1.82) is 0 Å². The van der Waals surface area contributed by atoms with E-state index >= 15 is 0 Å². The SMILES string of the molecule is Nc1cc(Cl)ccc1C(O)c1cc(F)ccc1F. The van der Waals surface area contributed by atoms with E-state index in [9.17, 15) is 13.9 Å². The van der Waals surface area contributed by atoms with Crippen LogP contribution in [0, 0.1) is 11.6 Å². The van der Waals surface area contributed by atoms with Crippen LogP contribution < -0.4 is 5.73 Å². The number of aliphatic hydroxyl groups is 1. The third-order valence-corrected chi connectivity index (χ3v) is 2.83. The Kier molecular flexibility index (Phi) is 3.50. The monoisotopic (exact) mass is 269 g/mol. The Morgan fingerprint density at radius 2 is 1.78 bits per heavy atom. The van der Waals surface area contributed by atoms with E-state index in [0.29, 0.717) is 5.02 Å². The molecule has 0 aliphatic carbocycles. The van der Waals surface area contributed by atoms with Crippen LogP contribution >= 0.6 is 11.6 Å². The van der Waals surface area contributed by atoms with Gasteiger partial charge >= 0.3 is 0 Å². The minimum atomic E-state index is -1.34. The van der Waals surface area contributed by atoms with Crippen molar-refractivity contribution in [2.24, 2.45) is 0 Å². The molecule has 94 valence electrons. The van der Waals surface area contributed by atoms with Crippen LogP contribution in [-0.4, -0.2) is 5.11 Å². The van der Waals surface area contributed by atoms with Crippen molar-refractivity contribution in [3.05, 3.63) is 64.2 Å².